The predicted octanol–water partition coefficient (Wildman–Crippen LogP) is 3.40. The average molecular weight is 273 g/mol. The van der Waals surface area contributed by atoms with Crippen LogP contribution in [0.2, 0.25) is 0 Å². The molecule has 0 aliphatic carbocycles. The Morgan fingerprint density at radius 3 is 2.47 bits per heavy atom. The maximum Gasteiger partial charge on any atom is 0.336 e. The lowest BCUT2D eigenvalue weighted by Crippen LogP contribution is -2.05. The first-order chi connectivity index (χ1) is 9.18. The molecule has 2 aromatic carbocycles. The van der Waals surface area contributed by atoms with Crippen LogP contribution in [0.1, 0.15) is 21.5 Å². The molecule has 3 nitrogen and oxygen atoms in total. The van der Waals surface area contributed by atoms with Gasteiger partial charge in [0.1, 0.15) is 0 Å². The number of hydrogen-bond acceptors (Lipinski definition) is 3. The molecule has 2 aromatic rings. The molecule has 2 rings (SSSR count). The Balaban J connectivity index is 2.05. The van der Waals surface area contributed by atoms with Gasteiger partial charge < -0.3 is 10.8 Å². The highest BCUT2D eigenvalue weighted by molar-refractivity contribution is 7.97. The molecule has 3 N–H and O–H groups in total. The van der Waals surface area contributed by atoms with E-state index in [0.717, 1.165) is 5.75 Å². The summed E-state index contributed by atoms with van der Waals surface area (Å²) in [6.45, 7) is 0. The van der Waals surface area contributed by atoms with Crippen molar-refractivity contribution in [3.05, 3.63) is 65.2 Å². The van der Waals surface area contributed by atoms with E-state index in [1.807, 2.05) is 18.2 Å². The van der Waals surface area contributed by atoms with Gasteiger partial charge in [0.15, 0.2) is 0 Å². The number of carbonyl (C=O) groups is 1. The standard InChI is InChI=1S/C15H15NO2S/c16-14-8-4-7-12(15(17)18)13(14)10-19-9-11-5-2-1-3-6-11/h1-8H,9-10,16H2,(H,17,18). The van der Waals surface area contributed by atoms with E-state index < -0.39 is 5.97 Å². The molecule has 0 aliphatic rings. The molecule has 0 heterocycles. The highest BCUT2D eigenvalue weighted by Gasteiger charge is 2.12. The van der Waals surface area contributed by atoms with E-state index in [1.54, 1.807) is 30.0 Å². The van der Waals surface area contributed by atoms with Gasteiger partial charge in [0.05, 0.1) is 5.56 Å². The molecule has 0 atom stereocenters. The lowest BCUT2D eigenvalue weighted by Gasteiger charge is -2.09. The maximum absolute atomic E-state index is 11.1. The Bertz CT molecular complexity index is 570. The molecule has 0 unspecified atom stereocenters. The number of aromatic carboxylic acids is 1. The van der Waals surface area contributed by atoms with Crippen LogP contribution < -0.4 is 5.73 Å². The van der Waals surface area contributed by atoms with Crippen LogP contribution in [-0.4, -0.2) is 11.1 Å². The number of thioether (sulfide) groups is 1. The second kappa shape index (κ2) is 6.29. The van der Waals surface area contributed by atoms with Gasteiger partial charge in [-0.25, -0.2) is 4.79 Å². The van der Waals surface area contributed by atoms with Crippen molar-refractivity contribution in [3.63, 3.8) is 0 Å². The van der Waals surface area contributed by atoms with E-state index in [-0.39, 0.29) is 0 Å². The molecule has 0 bridgehead atoms. The van der Waals surface area contributed by atoms with Gasteiger partial charge in [-0.2, -0.15) is 11.8 Å². The smallest absolute Gasteiger partial charge is 0.336 e. The zero-order valence-corrected chi connectivity index (χ0v) is 11.2. The quantitative estimate of drug-likeness (QED) is 0.819. The van der Waals surface area contributed by atoms with Crippen molar-refractivity contribution in [1.82, 2.24) is 0 Å². The minimum Gasteiger partial charge on any atom is -0.478 e. The normalized spacial score (nSPS) is 10.3. The summed E-state index contributed by atoms with van der Waals surface area (Å²) in [5.74, 6) is 0.514. The molecule has 4 heteroatoms. The second-order valence-corrected chi connectivity index (χ2v) is 5.14. The summed E-state index contributed by atoms with van der Waals surface area (Å²) < 4.78 is 0. The number of nitrogen functional groups attached to an aromatic ring is 1. The van der Waals surface area contributed by atoms with Crippen LogP contribution in [0, 0.1) is 0 Å². The third kappa shape index (κ3) is 3.51. The third-order valence-corrected chi connectivity index (χ3v) is 3.83. The number of anilines is 1. The predicted molar refractivity (Wildman–Crippen MR) is 79.3 cm³/mol. The monoisotopic (exact) mass is 273 g/mol. The zero-order chi connectivity index (χ0) is 13.7. The van der Waals surface area contributed by atoms with Crippen LogP contribution in [0.15, 0.2) is 48.5 Å². The molecule has 19 heavy (non-hydrogen) atoms. The summed E-state index contributed by atoms with van der Waals surface area (Å²) in [7, 11) is 0. The van der Waals surface area contributed by atoms with Crippen LogP contribution in [0.25, 0.3) is 0 Å². The minimum absolute atomic E-state index is 0.292. The first kappa shape index (κ1) is 13.5. The van der Waals surface area contributed by atoms with E-state index in [0.29, 0.717) is 22.6 Å². The number of hydrogen-bond donors (Lipinski definition) is 2. The van der Waals surface area contributed by atoms with Gasteiger partial charge in [-0.15, -0.1) is 0 Å². The Hall–Kier alpha value is -1.94. The number of benzene rings is 2. The Kier molecular flexibility index (Phi) is 4.47. The van der Waals surface area contributed by atoms with Crippen LogP contribution in [0.5, 0.6) is 0 Å². The molecular formula is C15H15NO2S. The van der Waals surface area contributed by atoms with Gasteiger partial charge in [-0.1, -0.05) is 36.4 Å². The van der Waals surface area contributed by atoms with Gasteiger partial charge in [0.25, 0.3) is 0 Å². The summed E-state index contributed by atoms with van der Waals surface area (Å²) in [4.78, 5) is 11.1. The van der Waals surface area contributed by atoms with Crippen molar-refractivity contribution < 1.29 is 9.90 Å². The summed E-state index contributed by atoms with van der Waals surface area (Å²) >= 11 is 1.66. The average Bonchev–Trinajstić information content (AvgIpc) is 2.41. The largest absolute Gasteiger partial charge is 0.478 e. The molecule has 0 aromatic heterocycles. The van der Waals surface area contributed by atoms with Crippen LogP contribution >= 0.6 is 11.8 Å². The van der Waals surface area contributed by atoms with Crippen LogP contribution in [-0.2, 0) is 11.5 Å². The summed E-state index contributed by atoms with van der Waals surface area (Å²) in [6.07, 6.45) is 0. The SMILES string of the molecule is Nc1cccc(C(=O)O)c1CSCc1ccccc1. The van der Waals surface area contributed by atoms with Gasteiger partial charge in [-0.05, 0) is 23.3 Å². The van der Waals surface area contributed by atoms with Crippen molar-refractivity contribution in [3.8, 4) is 0 Å². The molecule has 0 amide bonds. The van der Waals surface area contributed by atoms with E-state index in [4.69, 9.17) is 10.8 Å². The van der Waals surface area contributed by atoms with E-state index in [2.05, 4.69) is 12.1 Å². The highest BCUT2D eigenvalue weighted by atomic mass is 32.2. The summed E-state index contributed by atoms with van der Waals surface area (Å²) in [5, 5.41) is 9.14. The number of carboxylic acids is 1. The molecule has 0 saturated heterocycles. The van der Waals surface area contributed by atoms with Gasteiger partial charge in [0.2, 0.25) is 0 Å². The molecule has 0 radical (unpaired) electrons. The van der Waals surface area contributed by atoms with Gasteiger partial charge in [0, 0.05) is 17.2 Å². The van der Waals surface area contributed by atoms with Gasteiger partial charge >= 0.3 is 5.97 Å². The molecular weight excluding hydrogens is 258 g/mol. The summed E-state index contributed by atoms with van der Waals surface area (Å²) in [6, 6.07) is 15.1. The molecule has 98 valence electrons. The lowest BCUT2D eigenvalue weighted by molar-refractivity contribution is 0.0696. The third-order valence-electron chi connectivity index (χ3n) is 2.80. The maximum atomic E-state index is 11.1. The van der Waals surface area contributed by atoms with E-state index in [9.17, 15) is 4.79 Å². The molecule has 0 spiro atoms. The van der Waals surface area contributed by atoms with E-state index in [1.165, 1.54) is 5.56 Å². The first-order valence-corrected chi connectivity index (χ1v) is 7.06. The van der Waals surface area contributed by atoms with Crippen molar-refractivity contribution in [1.29, 1.82) is 0 Å². The van der Waals surface area contributed by atoms with Gasteiger partial charge in [-0.3, -0.25) is 0 Å². The number of rotatable bonds is 5. The minimum atomic E-state index is -0.928. The molecule has 0 fully saturated rings. The van der Waals surface area contributed by atoms with Crippen LogP contribution in [0.4, 0.5) is 5.69 Å². The van der Waals surface area contributed by atoms with Crippen molar-refractivity contribution in [2.45, 2.75) is 11.5 Å². The Morgan fingerprint density at radius 1 is 1.05 bits per heavy atom. The lowest BCUT2D eigenvalue weighted by atomic mass is 10.1. The molecule has 0 aliphatic heterocycles. The Labute approximate surface area is 116 Å². The fraction of sp³-hybridized carbons (Fsp3) is 0.133. The van der Waals surface area contributed by atoms with Crippen molar-refractivity contribution >= 4 is 23.4 Å². The molecule has 0 saturated carbocycles. The Morgan fingerprint density at radius 2 is 1.79 bits per heavy atom. The fourth-order valence-electron chi connectivity index (χ4n) is 1.81. The van der Waals surface area contributed by atoms with Crippen molar-refractivity contribution in [2.24, 2.45) is 0 Å². The van der Waals surface area contributed by atoms with Crippen molar-refractivity contribution in [2.75, 3.05) is 5.73 Å². The first-order valence-electron chi connectivity index (χ1n) is 5.91. The zero-order valence-electron chi connectivity index (χ0n) is 10.4. The topological polar surface area (TPSA) is 63.3 Å². The van der Waals surface area contributed by atoms with E-state index >= 15 is 0 Å². The number of carboxylic acid groups (broad SMARTS) is 1. The summed E-state index contributed by atoms with van der Waals surface area (Å²) in [5.41, 5.74) is 8.62. The van der Waals surface area contributed by atoms with Crippen LogP contribution in [0.3, 0.4) is 0 Å². The highest BCUT2D eigenvalue weighted by Crippen LogP contribution is 2.25. The second-order valence-electron chi connectivity index (χ2n) is 4.16. The number of nitrogens with two attached hydrogens (primary N) is 1. The fourth-order valence-corrected chi connectivity index (χ4v) is 2.87.